The fraction of sp³-hybridized carbons (Fsp3) is 0.556. The van der Waals surface area contributed by atoms with E-state index in [9.17, 15) is 4.79 Å². The second kappa shape index (κ2) is 7.51. The summed E-state index contributed by atoms with van der Waals surface area (Å²) < 4.78 is 6.92. The summed E-state index contributed by atoms with van der Waals surface area (Å²) in [4.78, 5) is 28.1. The number of methoxy groups -OCH3 is 1. The van der Waals surface area contributed by atoms with Crippen molar-refractivity contribution >= 4 is 17.5 Å². The number of nitrogens with zero attached hydrogens (tertiary/aromatic N) is 7. The van der Waals surface area contributed by atoms with Gasteiger partial charge in [-0.2, -0.15) is 10.1 Å². The van der Waals surface area contributed by atoms with Gasteiger partial charge >= 0.3 is 0 Å². The molecule has 0 aliphatic carbocycles. The highest BCUT2D eigenvalue weighted by Gasteiger charge is 2.36. The smallest absolute Gasteiger partial charge is 0.244 e. The Bertz CT molecular complexity index is 801. The number of ether oxygens (including phenoxy) is 1. The highest BCUT2D eigenvalue weighted by Crippen LogP contribution is 2.24. The molecular weight excluding hydrogens is 346 g/mol. The zero-order valence-corrected chi connectivity index (χ0v) is 15.8. The number of piperidine rings is 1. The van der Waals surface area contributed by atoms with Crippen LogP contribution in [0.15, 0.2) is 24.7 Å². The summed E-state index contributed by atoms with van der Waals surface area (Å²) >= 11 is 0. The predicted molar refractivity (Wildman–Crippen MR) is 101 cm³/mol. The van der Waals surface area contributed by atoms with Crippen LogP contribution in [0.1, 0.15) is 12.8 Å². The molecule has 0 saturated carbocycles. The highest BCUT2D eigenvalue weighted by molar-refractivity contribution is 5.97. The molecule has 9 heteroatoms. The van der Waals surface area contributed by atoms with Gasteiger partial charge in [0.1, 0.15) is 0 Å². The monoisotopic (exact) mass is 371 g/mol. The van der Waals surface area contributed by atoms with Gasteiger partial charge in [-0.3, -0.25) is 14.4 Å². The van der Waals surface area contributed by atoms with Crippen LogP contribution in [0.25, 0.3) is 0 Å². The van der Waals surface area contributed by atoms with Gasteiger partial charge in [-0.15, -0.1) is 0 Å². The number of rotatable bonds is 4. The standard InChI is InChI=1S/C18H25N7O2/c1-22-13-14(12-20-22)25-7-3-4-15(17(25)26)23-8-10-24(11-9-23)18-19-6-5-16(21-18)27-2/h5-6,12-13,15H,3-4,7-11H2,1-2H3/t15-/m1/s1. The lowest BCUT2D eigenvalue weighted by molar-refractivity contribution is -0.125. The maximum absolute atomic E-state index is 13.1. The average molecular weight is 371 g/mol. The minimum atomic E-state index is -0.0627. The van der Waals surface area contributed by atoms with Crippen LogP contribution in [0.3, 0.4) is 0 Å². The summed E-state index contributed by atoms with van der Waals surface area (Å²) in [5.74, 6) is 1.43. The molecule has 2 aliphatic rings. The molecule has 1 amide bonds. The van der Waals surface area contributed by atoms with Crippen molar-refractivity contribution in [3.63, 3.8) is 0 Å². The molecule has 0 spiro atoms. The molecule has 1 atom stereocenters. The molecule has 9 nitrogen and oxygen atoms in total. The largest absolute Gasteiger partial charge is 0.481 e. The molecule has 2 aliphatic heterocycles. The molecule has 2 aromatic heterocycles. The van der Waals surface area contributed by atoms with E-state index in [-0.39, 0.29) is 11.9 Å². The molecule has 0 N–H and O–H groups in total. The predicted octanol–water partition coefficient (Wildman–Crippen LogP) is 0.536. The van der Waals surface area contributed by atoms with Gasteiger partial charge in [-0.05, 0) is 12.8 Å². The topological polar surface area (TPSA) is 79.6 Å². The van der Waals surface area contributed by atoms with Crippen molar-refractivity contribution < 1.29 is 9.53 Å². The van der Waals surface area contributed by atoms with Crippen LogP contribution in [0.4, 0.5) is 11.6 Å². The third-order valence-electron chi connectivity index (χ3n) is 5.28. The third-order valence-corrected chi connectivity index (χ3v) is 5.28. The van der Waals surface area contributed by atoms with Gasteiger partial charge in [0.2, 0.25) is 17.7 Å². The maximum atomic E-state index is 13.1. The van der Waals surface area contributed by atoms with Gasteiger partial charge < -0.3 is 14.5 Å². The van der Waals surface area contributed by atoms with Crippen molar-refractivity contribution in [2.75, 3.05) is 49.6 Å². The summed E-state index contributed by atoms with van der Waals surface area (Å²) in [5, 5.41) is 4.20. The summed E-state index contributed by atoms with van der Waals surface area (Å²) in [5.41, 5.74) is 0.885. The number of amides is 1. The Hall–Kier alpha value is -2.68. The highest BCUT2D eigenvalue weighted by atomic mass is 16.5. The quantitative estimate of drug-likeness (QED) is 0.776. The molecule has 0 radical (unpaired) electrons. The van der Waals surface area contributed by atoms with Gasteiger partial charge in [0.15, 0.2) is 0 Å². The van der Waals surface area contributed by atoms with Crippen LogP contribution in [0.2, 0.25) is 0 Å². The van der Waals surface area contributed by atoms with E-state index in [4.69, 9.17) is 4.74 Å². The summed E-state index contributed by atoms with van der Waals surface area (Å²) in [7, 11) is 3.47. The van der Waals surface area contributed by atoms with Gasteiger partial charge in [-0.25, -0.2) is 4.98 Å². The van der Waals surface area contributed by atoms with Crippen molar-refractivity contribution in [2.24, 2.45) is 7.05 Å². The second-order valence-corrected chi connectivity index (χ2v) is 6.94. The van der Waals surface area contributed by atoms with Crippen molar-refractivity contribution in [3.05, 3.63) is 24.7 Å². The summed E-state index contributed by atoms with van der Waals surface area (Å²) in [6, 6.07) is 1.68. The van der Waals surface area contributed by atoms with Crippen molar-refractivity contribution in [3.8, 4) is 5.88 Å². The van der Waals surface area contributed by atoms with Crippen molar-refractivity contribution in [2.45, 2.75) is 18.9 Å². The zero-order chi connectivity index (χ0) is 18.8. The van der Waals surface area contributed by atoms with Crippen LogP contribution in [0.5, 0.6) is 5.88 Å². The Morgan fingerprint density at radius 2 is 2.00 bits per heavy atom. The first-order chi connectivity index (χ1) is 13.2. The van der Waals surface area contributed by atoms with E-state index in [0.717, 1.165) is 51.3 Å². The summed E-state index contributed by atoms with van der Waals surface area (Å²) in [6.45, 7) is 3.99. The van der Waals surface area contributed by atoms with Crippen molar-refractivity contribution in [1.82, 2.24) is 24.6 Å². The normalized spacial score (nSPS) is 21.6. The molecule has 27 heavy (non-hydrogen) atoms. The number of carbonyl (C=O) groups is 1. The second-order valence-electron chi connectivity index (χ2n) is 6.94. The van der Waals surface area contributed by atoms with Crippen LogP contribution in [-0.2, 0) is 11.8 Å². The van der Waals surface area contributed by atoms with Gasteiger partial charge in [0, 0.05) is 58.2 Å². The number of hydrogen-bond donors (Lipinski definition) is 0. The van der Waals surface area contributed by atoms with E-state index in [0.29, 0.717) is 11.8 Å². The maximum Gasteiger partial charge on any atom is 0.244 e. The lowest BCUT2D eigenvalue weighted by Crippen LogP contribution is -2.58. The van der Waals surface area contributed by atoms with Crippen LogP contribution < -0.4 is 14.5 Å². The Kier molecular flexibility index (Phi) is 4.93. The Morgan fingerprint density at radius 1 is 1.19 bits per heavy atom. The first kappa shape index (κ1) is 17.7. The van der Waals surface area contributed by atoms with Gasteiger partial charge in [0.05, 0.1) is 25.0 Å². The van der Waals surface area contributed by atoms with E-state index < -0.39 is 0 Å². The molecule has 0 bridgehead atoms. The number of carbonyl (C=O) groups excluding carboxylic acids is 1. The SMILES string of the molecule is COc1ccnc(N2CCN([C@@H]3CCCN(c4cnn(C)c4)C3=O)CC2)n1. The molecule has 0 aromatic carbocycles. The van der Waals surface area contributed by atoms with Crippen LogP contribution in [0, 0.1) is 0 Å². The van der Waals surface area contributed by atoms with Crippen LogP contribution in [-0.4, -0.2) is 76.4 Å². The summed E-state index contributed by atoms with van der Waals surface area (Å²) in [6.07, 6.45) is 7.29. The molecule has 0 unspecified atom stereocenters. The molecular formula is C18H25N7O2. The van der Waals surface area contributed by atoms with Gasteiger partial charge in [0.25, 0.3) is 0 Å². The fourth-order valence-corrected chi connectivity index (χ4v) is 3.83. The number of aryl methyl sites for hydroxylation is 1. The average Bonchev–Trinajstić information content (AvgIpc) is 3.14. The van der Waals surface area contributed by atoms with E-state index in [1.165, 1.54) is 0 Å². The lowest BCUT2D eigenvalue weighted by Gasteiger charge is -2.42. The minimum absolute atomic E-state index is 0.0627. The van der Waals surface area contributed by atoms with E-state index in [2.05, 4.69) is 24.9 Å². The fourth-order valence-electron chi connectivity index (χ4n) is 3.83. The third kappa shape index (κ3) is 3.59. The van der Waals surface area contributed by atoms with E-state index >= 15 is 0 Å². The Balaban J connectivity index is 1.40. The number of piperazine rings is 1. The first-order valence-electron chi connectivity index (χ1n) is 9.32. The molecule has 2 aromatic rings. The lowest BCUT2D eigenvalue weighted by atomic mass is 10.0. The Morgan fingerprint density at radius 3 is 2.70 bits per heavy atom. The molecule has 4 heterocycles. The number of aromatic nitrogens is 4. The number of hydrogen-bond acceptors (Lipinski definition) is 7. The van der Waals surface area contributed by atoms with Crippen molar-refractivity contribution in [1.29, 1.82) is 0 Å². The first-order valence-corrected chi connectivity index (χ1v) is 9.32. The molecule has 144 valence electrons. The number of anilines is 2. The van der Waals surface area contributed by atoms with Gasteiger partial charge in [-0.1, -0.05) is 0 Å². The molecule has 2 saturated heterocycles. The van der Waals surface area contributed by atoms with Crippen LogP contribution >= 0.6 is 0 Å². The zero-order valence-electron chi connectivity index (χ0n) is 15.8. The molecule has 4 rings (SSSR count). The van der Waals surface area contributed by atoms with E-state index in [1.807, 2.05) is 18.1 Å². The minimum Gasteiger partial charge on any atom is -0.481 e. The van der Waals surface area contributed by atoms with E-state index in [1.54, 1.807) is 30.3 Å². The molecule has 2 fully saturated rings. The Labute approximate surface area is 158 Å².